The van der Waals surface area contributed by atoms with Gasteiger partial charge in [0.15, 0.2) is 11.6 Å². The number of hydrogen-bond acceptors (Lipinski definition) is 6. The van der Waals surface area contributed by atoms with Gasteiger partial charge >= 0.3 is 0 Å². The van der Waals surface area contributed by atoms with Crippen LogP contribution in [0.25, 0.3) is 143 Å². The highest BCUT2D eigenvalue weighted by Crippen LogP contribution is 2.46. The zero-order chi connectivity index (χ0) is 49.1. The van der Waals surface area contributed by atoms with Crippen molar-refractivity contribution < 1.29 is 0 Å². The minimum atomic E-state index is 0.604. The van der Waals surface area contributed by atoms with Gasteiger partial charge in [-0.2, -0.15) is 0 Å². The molecule has 0 saturated heterocycles. The van der Waals surface area contributed by atoms with Crippen molar-refractivity contribution in [2.45, 2.75) is 27.7 Å². The van der Waals surface area contributed by atoms with Crippen molar-refractivity contribution >= 4 is 120 Å². The molecule has 0 radical (unpaired) electrons. The molecule has 0 bridgehead atoms. The zero-order valence-corrected chi connectivity index (χ0v) is 40.8. The van der Waals surface area contributed by atoms with E-state index in [0.717, 1.165) is 99.3 Å². The summed E-state index contributed by atoms with van der Waals surface area (Å²) in [6.07, 6.45) is 7.21. The van der Waals surface area contributed by atoms with Gasteiger partial charge in [-0.15, -0.1) is 0 Å². The Kier molecular flexibility index (Phi) is 8.22. The van der Waals surface area contributed by atoms with Crippen molar-refractivity contribution in [2.24, 2.45) is 0 Å². The Bertz CT molecular complexity index is 4840. The summed E-state index contributed by atoms with van der Waals surface area (Å²) in [6, 6.07) is 56.7. The van der Waals surface area contributed by atoms with Gasteiger partial charge < -0.3 is 9.13 Å². The molecule has 74 heavy (non-hydrogen) atoms. The third-order valence-corrected chi connectivity index (χ3v) is 15.5. The standard InChI is InChI=1S/C64H42N10/c1-35-17-15-25-43-51-61(37(3)31-45-41-23-11-13-27-47(41)71(63(45)51)39-19-7-5-8-20-39)73(59(35)43)49-33-67-55-53-54(66-30-29-65-53)57-56(58(55)70-49)68-34-50(69-57)74-60-36(2)18-16-26-44(60)52-62(74)38(4)32-46-42-24-12-14-28-48(42)72(64(46)52)40-21-9-6-10-22-40/h5-34H,1-4H3. The molecule has 10 nitrogen and oxygen atoms in total. The van der Waals surface area contributed by atoms with Crippen molar-refractivity contribution in [3.05, 3.63) is 205 Å². The summed E-state index contributed by atoms with van der Waals surface area (Å²) in [5, 5.41) is 9.46. The van der Waals surface area contributed by atoms with Crippen LogP contribution in [0.5, 0.6) is 0 Å². The highest BCUT2D eigenvalue weighted by Gasteiger charge is 2.27. The Hall–Kier alpha value is -9.80. The molecule has 16 rings (SSSR count). The lowest BCUT2D eigenvalue weighted by molar-refractivity contribution is 1.05. The molecule has 7 heterocycles. The summed E-state index contributed by atoms with van der Waals surface area (Å²) < 4.78 is 9.45. The minimum Gasteiger partial charge on any atom is -0.309 e. The van der Waals surface area contributed by atoms with Crippen molar-refractivity contribution in [1.82, 2.24) is 48.2 Å². The predicted molar refractivity (Wildman–Crippen MR) is 302 cm³/mol. The van der Waals surface area contributed by atoms with Crippen LogP contribution in [0.2, 0.25) is 0 Å². The van der Waals surface area contributed by atoms with E-state index in [1.807, 2.05) is 12.4 Å². The quantitative estimate of drug-likeness (QED) is 0.163. The number of aromatic nitrogens is 10. The molecule has 0 saturated carbocycles. The second-order valence-corrected chi connectivity index (χ2v) is 19.7. The molecule has 0 spiro atoms. The van der Waals surface area contributed by atoms with E-state index in [1.165, 1.54) is 21.5 Å². The third kappa shape index (κ3) is 5.32. The van der Waals surface area contributed by atoms with Crippen LogP contribution in [0.1, 0.15) is 22.3 Å². The summed E-state index contributed by atoms with van der Waals surface area (Å²) in [6.45, 7) is 8.79. The Morgan fingerprint density at radius 3 is 1.16 bits per heavy atom. The van der Waals surface area contributed by atoms with Crippen LogP contribution in [0.3, 0.4) is 0 Å². The molecule has 0 N–H and O–H groups in total. The van der Waals surface area contributed by atoms with E-state index < -0.39 is 0 Å². The van der Waals surface area contributed by atoms with Crippen LogP contribution in [-0.2, 0) is 0 Å². The molecule has 0 amide bonds. The summed E-state index contributed by atoms with van der Waals surface area (Å²) in [7, 11) is 0. The molecule has 10 heteroatoms. The Morgan fingerprint density at radius 1 is 0.297 bits per heavy atom. The molecule has 0 unspecified atom stereocenters. The van der Waals surface area contributed by atoms with Crippen LogP contribution < -0.4 is 0 Å². The number of nitrogens with zero attached hydrogens (tertiary/aromatic N) is 10. The molecule has 0 fully saturated rings. The van der Waals surface area contributed by atoms with Gasteiger partial charge in [-0.05, 0) is 98.5 Å². The second kappa shape index (κ2) is 14.9. The highest BCUT2D eigenvalue weighted by atomic mass is 15.1. The number of fused-ring (bicyclic) bond motifs is 20. The first kappa shape index (κ1) is 40.9. The van der Waals surface area contributed by atoms with Crippen LogP contribution in [0.4, 0.5) is 0 Å². The molecule has 348 valence electrons. The fourth-order valence-electron chi connectivity index (χ4n) is 12.6. The van der Waals surface area contributed by atoms with E-state index in [-0.39, 0.29) is 0 Å². The lowest BCUT2D eigenvalue weighted by Gasteiger charge is -2.14. The predicted octanol–water partition coefficient (Wildman–Crippen LogP) is 15.1. The average Bonchev–Trinajstić information content (AvgIpc) is 4.23. The van der Waals surface area contributed by atoms with Gasteiger partial charge in [0, 0.05) is 66.9 Å². The van der Waals surface area contributed by atoms with E-state index in [0.29, 0.717) is 44.7 Å². The van der Waals surface area contributed by atoms with Crippen molar-refractivity contribution in [2.75, 3.05) is 0 Å². The molecular formula is C64H42N10. The first-order chi connectivity index (χ1) is 36.4. The number of hydrogen-bond donors (Lipinski definition) is 0. The van der Waals surface area contributed by atoms with Crippen molar-refractivity contribution in [3.63, 3.8) is 0 Å². The first-order valence-electron chi connectivity index (χ1n) is 25.0. The summed E-state index contributed by atoms with van der Waals surface area (Å²) in [5.41, 5.74) is 19.4. The third-order valence-electron chi connectivity index (χ3n) is 15.5. The molecule has 0 aliphatic heterocycles. The fraction of sp³-hybridized carbons (Fsp3) is 0.0625. The maximum Gasteiger partial charge on any atom is 0.157 e. The number of benzene rings is 9. The number of aryl methyl sites for hydroxylation is 4. The second-order valence-electron chi connectivity index (χ2n) is 19.7. The largest absolute Gasteiger partial charge is 0.309 e. The number of para-hydroxylation sites is 6. The topological polar surface area (TPSA) is 97.1 Å². The Labute approximate surface area is 422 Å². The van der Waals surface area contributed by atoms with E-state index in [1.54, 1.807) is 12.4 Å². The maximum absolute atomic E-state index is 5.61. The normalized spacial score (nSPS) is 12.3. The van der Waals surface area contributed by atoms with Gasteiger partial charge in [0.2, 0.25) is 0 Å². The van der Waals surface area contributed by atoms with E-state index in [2.05, 4.69) is 204 Å². The van der Waals surface area contributed by atoms with Gasteiger partial charge in [0.25, 0.3) is 0 Å². The lowest BCUT2D eigenvalue weighted by Crippen LogP contribution is -2.05. The Morgan fingerprint density at radius 2 is 0.689 bits per heavy atom. The van der Waals surface area contributed by atoms with Gasteiger partial charge in [-0.1, -0.05) is 109 Å². The van der Waals surface area contributed by atoms with Gasteiger partial charge in [-0.25, -0.2) is 19.9 Å². The summed E-state index contributed by atoms with van der Waals surface area (Å²) in [5.74, 6) is 1.36. The lowest BCUT2D eigenvalue weighted by atomic mass is 10.0. The molecular weight excluding hydrogens is 909 g/mol. The zero-order valence-electron chi connectivity index (χ0n) is 40.8. The number of rotatable bonds is 4. The van der Waals surface area contributed by atoms with Gasteiger partial charge in [0.05, 0.1) is 56.5 Å². The molecule has 7 aromatic heterocycles. The molecule has 16 aromatic rings. The molecule has 9 aromatic carbocycles. The van der Waals surface area contributed by atoms with E-state index in [4.69, 9.17) is 29.9 Å². The molecule has 0 aliphatic carbocycles. The van der Waals surface area contributed by atoms with E-state index >= 15 is 0 Å². The highest BCUT2D eigenvalue weighted by molar-refractivity contribution is 6.29. The SMILES string of the molecule is Cc1cccc2c3c(c(C)cc4c5ccccc5n(-c5ccccc5)c43)n(-c3cnc4c5nccnc5c5nc(-n6c7c(C)cccc7c7c6c(C)cc6c8ccccc8n(-c8ccccc8)c67)cnc5c4n3)c12. The molecule has 0 aliphatic rings. The van der Waals surface area contributed by atoms with E-state index in [9.17, 15) is 0 Å². The maximum atomic E-state index is 5.61. The van der Waals surface area contributed by atoms with Crippen LogP contribution in [0.15, 0.2) is 183 Å². The van der Waals surface area contributed by atoms with Crippen LogP contribution >= 0.6 is 0 Å². The first-order valence-corrected chi connectivity index (χ1v) is 25.0. The Balaban J connectivity index is 0.992. The fourth-order valence-corrected chi connectivity index (χ4v) is 12.6. The van der Waals surface area contributed by atoms with Gasteiger partial charge in [0.1, 0.15) is 33.1 Å². The summed E-state index contributed by atoms with van der Waals surface area (Å²) >= 11 is 0. The summed E-state index contributed by atoms with van der Waals surface area (Å²) in [4.78, 5) is 31.7. The average molecular weight is 951 g/mol. The minimum absolute atomic E-state index is 0.604. The van der Waals surface area contributed by atoms with Crippen LogP contribution in [-0.4, -0.2) is 48.2 Å². The smallest absolute Gasteiger partial charge is 0.157 e. The van der Waals surface area contributed by atoms with Crippen LogP contribution in [0, 0.1) is 27.7 Å². The monoisotopic (exact) mass is 950 g/mol. The van der Waals surface area contributed by atoms with Crippen molar-refractivity contribution in [3.8, 4) is 23.0 Å². The van der Waals surface area contributed by atoms with Crippen molar-refractivity contribution in [1.29, 1.82) is 0 Å². The van der Waals surface area contributed by atoms with Gasteiger partial charge in [-0.3, -0.25) is 19.1 Å². The molecule has 0 atom stereocenters.